The van der Waals surface area contributed by atoms with Gasteiger partial charge in [0.25, 0.3) is 15.9 Å². The number of anilines is 2. The summed E-state index contributed by atoms with van der Waals surface area (Å²) in [5.41, 5.74) is 0.877. The SMILES string of the molecule is Cc1cccc(NC(=O)c2cc(S(=O)(=O)Nc3ccc(F)cc3)ccc2Cl)n1. The number of benzene rings is 2. The molecule has 3 aromatic rings. The normalized spacial score (nSPS) is 11.1. The van der Waals surface area contributed by atoms with Crippen molar-refractivity contribution in [3.63, 3.8) is 0 Å². The molecule has 6 nitrogen and oxygen atoms in total. The zero-order chi connectivity index (χ0) is 20.3. The van der Waals surface area contributed by atoms with Crippen LogP contribution >= 0.6 is 11.6 Å². The van der Waals surface area contributed by atoms with Crippen molar-refractivity contribution < 1.29 is 17.6 Å². The van der Waals surface area contributed by atoms with Crippen LogP contribution < -0.4 is 10.0 Å². The maximum Gasteiger partial charge on any atom is 0.261 e. The third-order valence-electron chi connectivity index (χ3n) is 3.72. The minimum Gasteiger partial charge on any atom is -0.307 e. The van der Waals surface area contributed by atoms with E-state index in [0.29, 0.717) is 11.5 Å². The van der Waals surface area contributed by atoms with Gasteiger partial charge >= 0.3 is 0 Å². The number of halogens is 2. The van der Waals surface area contributed by atoms with Gasteiger partial charge in [0.15, 0.2) is 0 Å². The first kappa shape index (κ1) is 19.8. The Kier molecular flexibility index (Phi) is 5.62. The summed E-state index contributed by atoms with van der Waals surface area (Å²) in [5, 5.41) is 2.67. The number of hydrogen-bond acceptors (Lipinski definition) is 4. The van der Waals surface area contributed by atoms with Crippen LogP contribution in [0.25, 0.3) is 0 Å². The first-order valence-corrected chi connectivity index (χ1v) is 9.94. The molecular formula is C19H15ClFN3O3S. The van der Waals surface area contributed by atoms with E-state index in [9.17, 15) is 17.6 Å². The largest absolute Gasteiger partial charge is 0.307 e. The molecule has 0 aliphatic carbocycles. The molecule has 0 fully saturated rings. The summed E-state index contributed by atoms with van der Waals surface area (Å²) >= 11 is 6.08. The second kappa shape index (κ2) is 7.95. The van der Waals surface area contributed by atoms with Crippen LogP contribution in [0.2, 0.25) is 5.02 Å². The average Bonchev–Trinajstić information content (AvgIpc) is 2.63. The van der Waals surface area contributed by atoms with E-state index < -0.39 is 21.7 Å². The number of carbonyl (C=O) groups excluding carboxylic acids is 1. The highest BCUT2D eigenvalue weighted by Crippen LogP contribution is 2.23. The van der Waals surface area contributed by atoms with E-state index in [4.69, 9.17) is 11.6 Å². The molecule has 28 heavy (non-hydrogen) atoms. The third-order valence-corrected chi connectivity index (χ3v) is 5.43. The second-order valence-corrected chi connectivity index (χ2v) is 7.96. The lowest BCUT2D eigenvalue weighted by Gasteiger charge is -2.11. The van der Waals surface area contributed by atoms with Crippen molar-refractivity contribution in [1.82, 2.24) is 4.98 Å². The fourth-order valence-electron chi connectivity index (χ4n) is 2.37. The number of aromatic nitrogens is 1. The molecular weight excluding hydrogens is 405 g/mol. The average molecular weight is 420 g/mol. The molecule has 1 heterocycles. The van der Waals surface area contributed by atoms with Crippen LogP contribution in [0, 0.1) is 12.7 Å². The number of aryl methyl sites for hydroxylation is 1. The van der Waals surface area contributed by atoms with Crippen LogP contribution in [0.3, 0.4) is 0 Å². The van der Waals surface area contributed by atoms with Gasteiger partial charge in [-0.3, -0.25) is 9.52 Å². The molecule has 1 amide bonds. The first-order valence-electron chi connectivity index (χ1n) is 8.07. The maximum atomic E-state index is 13.0. The van der Waals surface area contributed by atoms with E-state index in [0.717, 1.165) is 12.1 Å². The lowest BCUT2D eigenvalue weighted by Crippen LogP contribution is -2.17. The van der Waals surface area contributed by atoms with Crippen molar-refractivity contribution in [3.05, 3.63) is 82.8 Å². The number of pyridine rings is 1. The Bertz CT molecular complexity index is 1140. The Labute approximate surface area is 166 Å². The lowest BCUT2D eigenvalue weighted by atomic mass is 10.2. The Hall–Kier alpha value is -2.97. The van der Waals surface area contributed by atoms with Gasteiger partial charge in [-0.05, 0) is 61.5 Å². The Morgan fingerprint density at radius 3 is 2.46 bits per heavy atom. The molecule has 0 saturated heterocycles. The van der Waals surface area contributed by atoms with Crippen molar-refractivity contribution in [1.29, 1.82) is 0 Å². The van der Waals surface area contributed by atoms with Gasteiger partial charge in [0.05, 0.1) is 15.5 Å². The quantitative estimate of drug-likeness (QED) is 0.647. The molecule has 0 atom stereocenters. The van der Waals surface area contributed by atoms with Crippen molar-refractivity contribution in [2.45, 2.75) is 11.8 Å². The van der Waals surface area contributed by atoms with Crippen LogP contribution in [-0.4, -0.2) is 19.3 Å². The Morgan fingerprint density at radius 1 is 1.07 bits per heavy atom. The summed E-state index contributed by atoms with van der Waals surface area (Å²) in [4.78, 5) is 16.5. The molecule has 0 radical (unpaired) electrons. The van der Waals surface area contributed by atoms with Gasteiger partial charge < -0.3 is 5.32 Å². The highest BCUT2D eigenvalue weighted by molar-refractivity contribution is 7.92. The predicted octanol–water partition coefficient (Wildman–Crippen LogP) is 4.24. The van der Waals surface area contributed by atoms with Crippen LogP contribution in [0.4, 0.5) is 15.9 Å². The fraction of sp³-hybridized carbons (Fsp3) is 0.0526. The summed E-state index contributed by atoms with van der Waals surface area (Å²) in [7, 11) is -4.01. The molecule has 0 aliphatic heterocycles. The number of amides is 1. The second-order valence-electron chi connectivity index (χ2n) is 5.87. The van der Waals surface area contributed by atoms with Crippen LogP contribution in [0.1, 0.15) is 16.1 Å². The molecule has 3 rings (SSSR count). The van der Waals surface area contributed by atoms with E-state index >= 15 is 0 Å². The van der Waals surface area contributed by atoms with Crippen molar-refractivity contribution in [2.75, 3.05) is 10.0 Å². The molecule has 2 aromatic carbocycles. The zero-order valence-corrected chi connectivity index (χ0v) is 16.2. The molecule has 144 valence electrons. The summed E-state index contributed by atoms with van der Waals surface area (Å²) in [6.07, 6.45) is 0. The zero-order valence-electron chi connectivity index (χ0n) is 14.6. The van der Waals surface area contributed by atoms with Gasteiger partial charge in [0, 0.05) is 11.4 Å². The van der Waals surface area contributed by atoms with Crippen LogP contribution in [-0.2, 0) is 10.0 Å². The molecule has 0 aliphatic rings. The number of nitrogens with zero attached hydrogens (tertiary/aromatic N) is 1. The minimum atomic E-state index is -4.01. The number of hydrogen-bond donors (Lipinski definition) is 2. The van der Waals surface area contributed by atoms with Gasteiger partial charge in [-0.15, -0.1) is 0 Å². The molecule has 1 aromatic heterocycles. The Morgan fingerprint density at radius 2 is 1.79 bits per heavy atom. The van der Waals surface area contributed by atoms with Crippen LogP contribution in [0.15, 0.2) is 65.6 Å². The number of rotatable bonds is 5. The monoisotopic (exact) mass is 419 g/mol. The summed E-state index contributed by atoms with van der Waals surface area (Å²) < 4.78 is 40.5. The van der Waals surface area contributed by atoms with Crippen molar-refractivity contribution in [3.8, 4) is 0 Å². The third kappa shape index (κ3) is 4.65. The van der Waals surface area contributed by atoms with Crippen molar-refractivity contribution in [2.24, 2.45) is 0 Å². The molecule has 0 bridgehead atoms. The highest BCUT2D eigenvalue weighted by atomic mass is 35.5. The number of sulfonamides is 1. The topological polar surface area (TPSA) is 88.2 Å². The highest BCUT2D eigenvalue weighted by Gasteiger charge is 2.19. The standard InChI is InChI=1S/C19H15ClFN3O3S/c1-12-3-2-4-18(22-12)23-19(25)16-11-15(9-10-17(16)20)28(26,27)24-14-7-5-13(21)6-8-14/h2-11,24H,1H3,(H,22,23,25). The van der Waals surface area contributed by atoms with E-state index in [1.807, 2.05) is 0 Å². The Balaban J connectivity index is 1.87. The number of carbonyl (C=O) groups is 1. The predicted molar refractivity (Wildman–Crippen MR) is 106 cm³/mol. The van der Waals surface area contributed by atoms with E-state index in [1.165, 1.54) is 30.3 Å². The summed E-state index contributed by atoms with van der Waals surface area (Å²) in [6, 6.07) is 13.7. The van der Waals surface area contributed by atoms with Gasteiger partial charge in [-0.2, -0.15) is 0 Å². The van der Waals surface area contributed by atoms with E-state index in [2.05, 4.69) is 15.0 Å². The smallest absolute Gasteiger partial charge is 0.261 e. The van der Waals surface area contributed by atoms with Gasteiger partial charge in [-0.1, -0.05) is 17.7 Å². The van der Waals surface area contributed by atoms with Crippen LogP contribution in [0.5, 0.6) is 0 Å². The molecule has 0 unspecified atom stereocenters. The van der Waals surface area contributed by atoms with Crippen molar-refractivity contribution >= 4 is 39.0 Å². The first-order chi connectivity index (χ1) is 13.2. The minimum absolute atomic E-state index is 0.0213. The lowest BCUT2D eigenvalue weighted by molar-refractivity contribution is 0.102. The summed E-state index contributed by atoms with van der Waals surface area (Å²) in [6.45, 7) is 1.77. The summed E-state index contributed by atoms with van der Waals surface area (Å²) in [5.74, 6) is -0.765. The molecule has 0 spiro atoms. The molecule has 9 heteroatoms. The number of nitrogens with one attached hydrogen (secondary N) is 2. The maximum absolute atomic E-state index is 13.0. The van der Waals surface area contributed by atoms with Gasteiger partial charge in [0.2, 0.25) is 0 Å². The van der Waals surface area contributed by atoms with E-state index in [1.54, 1.807) is 25.1 Å². The molecule has 0 saturated carbocycles. The van der Waals surface area contributed by atoms with E-state index in [-0.39, 0.29) is 21.2 Å². The van der Waals surface area contributed by atoms with Gasteiger partial charge in [0.1, 0.15) is 11.6 Å². The fourth-order valence-corrected chi connectivity index (χ4v) is 3.66. The molecule has 2 N–H and O–H groups in total. The van der Waals surface area contributed by atoms with Gasteiger partial charge in [-0.25, -0.2) is 17.8 Å².